The van der Waals surface area contributed by atoms with E-state index in [2.05, 4.69) is 5.32 Å². The van der Waals surface area contributed by atoms with Crippen LogP contribution in [-0.4, -0.2) is 17.7 Å². The molecule has 1 saturated carbocycles. The van der Waals surface area contributed by atoms with Gasteiger partial charge in [-0.15, -0.1) is 11.8 Å². The van der Waals surface area contributed by atoms with Gasteiger partial charge in [-0.2, -0.15) is 0 Å². The van der Waals surface area contributed by atoms with Crippen LogP contribution in [0, 0.1) is 11.7 Å². The lowest BCUT2D eigenvalue weighted by atomic mass is 9.83. The Morgan fingerprint density at radius 2 is 2.14 bits per heavy atom. The Hall–Kier alpha value is -1.07. The van der Waals surface area contributed by atoms with E-state index in [1.807, 2.05) is 6.07 Å². The van der Waals surface area contributed by atoms with Gasteiger partial charge >= 0.3 is 0 Å². The molecular weight excluding hydrogens is 299 g/mol. The molecule has 3 rings (SSSR count). The van der Waals surface area contributed by atoms with Crippen molar-refractivity contribution in [1.29, 1.82) is 0 Å². The number of hydrogen-bond donors (Lipinski definition) is 2. The molecule has 0 radical (unpaired) electrons. The Balaban J connectivity index is 1.64. The fraction of sp³-hybridized carbons (Fsp3) is 0.588. The number of benzene rings is 1. The lowest BCUT2D eigenvalue weighted by Crippen LogP contribution is -2.38. The van der Waals surface area contributed by atoms with E-state index in [0.29, 0.717) is 12.3 Å². The van der Waals surface area contributed by atoms with Crippen LogP contribution in [-0.2, 0) is 4.79 Å². The summed E-state index contributed by atoms with van der Waals surface area (Å²) in [7, 11) is 0. The minimum Gasteiger partial charge on any atom is -0.349 e. The normalized spacial score (nSPS) is 28.0. The van der Waals surface area contributed by atoms with Gasteiger partial charge in [0.1, 0.15) is 5.82 Å². The van der Waals surface area contributed by atoms with Crippen molar-refractivity contribution in [2.75, 3.05) is 5.75 Å². The van der Waals surface area contributed by atoms with E-state index < -0.39 is 0 Å². The van der Waals surface area contributed by atoms with Gasteiger partial charge in [0.05, 0.1) is 6.04 Å². The van der Waals surface area contributed by atoms with E-state index in [4.69, 9.17) is 5.73 Å². The summed E-state index contributed by atoms with van der Waals surface area (Å²) in [6, 6.07) is 4.92. The van der Waals surface area contributed by atoms with Crippen molar-refractivity contribution >= 4 is 17.7 Å². The summed E-state index contributed by atoms with van der Waals surface area (Å²) in [5.41, 5.74) is 7.04. The molecule has 0 saturated heterocycles. The average molecular weight is 322 g/mol. The highest BCUT2D eigenvalue weighted by Crippen LogP contribution is 2.36. The van der Waals surface area contributed by atoms with Crippen LogP contribution in [0.4, 0.5) is 4.39 Å². The van der Waals surface area contributed by atoms with Crippen molar-refractivity contribution in [1.82, 2.24) is 5.32 Å². The van der Waals surface area contributed by atoms with E-state index in [1.54, 1.807) is 17.8 Å². The van der Waals surface area contributed by atoms with Gasteiger partial charge in [0, 0.05) is 23.1 Å². The monoisotopic (exact) mass is 322 g/mol. The fourth-order valence-electron chi connectivity index (χ4n) is 3.50. The third-order valence-electron chi connectivity index (χ3n) is 4.76. The molecule has 22 heavy (non-hydrogen) atoms. The second kappa shape index (κ2) is 7.01. The number of fused-ring (bicyclic) bond motifs is 1. The summed E-state index contributed by atoms with van der Waals surface area (Å²) in [6.07, 6.45) is 5.75. The maximum absolute atomic E-state index is 13.5. The molecule has 2 aliphatic rings. The van der Waals surface area contributed by atoms with E-state index in [1.165, 1.54) is 18.9 Å². The molecule has 3 N–H and O–H groups in total. The molecule has 1 heterocycles. The van der Waals surface area contributed by atoms with Gasteiger partial charge in [-0.05, 0) is 48.9 Å². The Kier molecular flexibility index (Phi) is 5.03. The molecule has 120 valence electrons. The lowest BCUT2D eigenvalue weighted by Gasteiger charge is -2.30. The minimum absolute atomic E-state index is 0.0504. The van der Waals surface area contributed by atoms with Gasteiger partial charge in [0.2, 0.25) is 5.91 Å². The van der Waals surface area contributed by atoms with Gasteiger partial charge < -0.3 is 11.1 Å². The molecule has 0 spiro atoms. The number of amides is 1. The highest BCUT2D eigenvalue weighted by atomic mass is 32.2. The summed E-state index contributed by atoms with van der Waals surface area (Å²) in [6.45, 7) is 0. The Morgan fingerprint density at radius 1 is 1.32 bits per heavy atom. The number of nitrogens with two attached hydrogens (primary N) is 1. The number of halogens is 1. The summed E-state index contributed by atoms with van der Waals surface area (Å²) >= 11 is 1.73. The largest absolute Gasteiger partial charge is 0.349 e. The standard InChI is InChI=1S/C17H23FN2OS/c18-12-5-6-16-13(10-12)15(7-8-22-16)20-17(21)9-11-3-1-2-4-14(11)19/h5-6,10-11,14-15H,1-4,7-9,19H2,(H,20,21). The average Bonchev–Trinajstić information content (AvgIpc) is 2.50. The lowest BCUT2D eigenvalue weighted by molar-refractivity contribution is -0.123. The molecule has 3 atom stereocenters. The van der Waals surface area contributed by atoms with Crippen LogP contribution >= 0.6 is 11.8 Å². The Labute approximate surface area is 135 Å². The Bertz CT molecular complexity index is 551. The number of carbonyl (C=O) groups excluding carboxylic acids is 1. The van der Waals surface area contributed by atoms with Crippen molar-refractivity contribution in [3.63, 3.8) is 0 Å². The topological polar surface area (TPSA) is 55.1 Å². The minimum atomic E-state index is -0.241. The number of carbonyl (C=O) groups is 1. The maximum Gasteiger partial charge on any atom is 0.220 e. The maximum atomic E-state index is 13.5. The predicted octanol–water partition coefficient (Wildman–Crippen LogP) is 3.39. The van der Waals surface area contributed by atoms with Gasteiger partial charge in [-0.1, -0.05) is 12.8 Å². The first-order valence-corrected chi connectivity index (χ1v) is 9.09. The smallest absolute Gasteiger partial charge is 0.220 e. The summed E-state index contributed by atoms with van der Waals surface area (Å²) in [5.74, 6) is 1.05. The van der Waals surface area contributed by atoms with E-state index in [-0.39, 0.29) is 23.8 Å². The molecular formula is C17H23FN2OS. The van der Waals surface area contributed by atoms with Crippen LogP contribution < -0.4 is 11.1 Å². The van der Waals surface area contributed by atoms with Crippen LogP contribution in [0.1, 0.15) is 50.1 Å². The summed E-state index contributed by atoms with van der Waals surface area (Å²) < 4.78 is 13.5. The molecule has 0 bridgehead atoms. The summed E-state index contributed by atoms with van der Waals surface area (Å²) in [5, 5.41) is 3.10. The third-order valence-corrected chi connectivity index (χ3v) is 5.88. The zero-order chi connectivity index (χ0) is 15.5. The SMILES string of the molecule is NC1CCCCC1CC(=O)NC1CCSc2ccc(F)cc21. The first-order valence-electron chi connectivity index (χ1n) is 8.10. The van der Waals surface area contributed by atoms with Crippen molar-refractivity contribution in [2.24, 2.45) is 11.7 Å². The van der Waals surface area contributed by atoms with Crippen LogP contribution in [0.3, 0.4) is 0 Å². The van der Waals surface area contributed by atoms with E-state index >= 15 is 0 Å². The predicted molar refractivity (Wildman–Crippen MR) is 87.2 cm³/mol. The quantitative estimate of drug-likeness (QED) is 0.897. The molecule has 3 nitrogen and oxygen atoms in total. The summed E-state index contributed by atoms with van der Waals surface area (Å²) in [4.78, 5) is 13.4. The first kappa shape index (κ1) is 15.8. The highest BCUT2D eigenvalue weighted by molar-refractivity contribution is 7.99. The molecule has 3 unspecified atom stereocenters. The molecule has 0 aromatic heterocycles. The first-order chi connectivity index (χ1) is 10.6. The molecule has 1 aliphatic carbocycles. The van der Waals surface area contributed by atoms with E-state index in [0.717, 1.165) is 35.5 Å². The molecule has 1 amide bonds. The van der Waals surface area contributed by atoms with Crippen LogP contribution in [0.25, 0.3) is 0 Å². The van der Waals surface area contributed by atoms with Gasteiger partial charge in [0.25, 0.3) is 0 Å². The second-order valence-corrected chi connectivity index (χ2v) is 7.49. The van der Waals surface area contributed by atoms with Gasteiger partial charge in [0.15, 0.2) is 0 Å². The van der Waals surface area contributed by atoms with Crippen molar-refractivity contribution in [2.45, 2.75) is 55.5 Å². The Morgan fingerprint density at radius 3 is 2.95 bits per heavy atom. The van der Waals surface area contributed by atoms with Crippen LogP contribution in [0.2, 0.25) is 0 Å². The number of nitrogens with one attached hydrogen (secondary N) is 1. The second-order valence-electron chi connectivity index (χ2n) is 6.35. The molecule has 1 fully saturated rings. The zero-order valence-electron chi connectivity index (χ0n) is 12.7. The zero-order valence-corrected chi connectivity index (χ0v) is 13.5. The van der Waals surface area contributed by atoms with E-state index in [9.17, 15) is 9.18 Å². The molecule has 1 aromatic carbocycles. The van der Waals surface area contributed by atoms with Gasteiger partial charge in [-0.25, -0.2) is 4.39 Å². The fourth-order valence-corrected chi connectivity index (χ4v) is 4.60. The number of hydrogen-bond acceptors (Lipinski definition) is 3. The highest BCUT2D eigenvalue weighted by Gasteiger charge is 2.27. The van der Waals surface area contributed by atoms with Crippen LogP contribution in [0.5, 0.6) is 0 Å². The number of rotatable bonds is 3. The van der Waals surface area contributed by atoms with Crippen molar-refractivity contribution in [3.05, 3.63) is 29.6 Å². The molecule has 5 heteroatoms. The third kappa shape index (κ3) is 3.63. The van der Waals surface area contributed by atoms with Crippen molar-refractivity contribution in [3.8, 4) is 0 Å². The molecule has 1 aromatic rings. The van der Waals surface area contributed by atoms with Crippen molar-refractivity contribution < 1.29 is 9.18 Å². The van der Waals surface area contributed by atoms with Gasteiger partial charge in [-0.3, -0.25) is 4.79 Å². The molecule has 1 aliphatic heterocycles. The van der Waals surface area contributed by atoms with Crippen LogP contribution in [0.15, 0.2) is 23.1 Å². The number of thioether (sulfide) groups is 1.